The molecule has 34 heavy (non-hydrogen) atoms. The van der Waals surface area contributed by atoms with Crippen molar-refractivity contribution in [2.75, 3.05) is 12.4 Å². The van der Waals surface area contributed by atoms with Gasteiger partial charge in [0, 0.05) is 17.9 Å². The van der Waals surface area contributed by atoms with Crippen molar-refractivity contribution < 1.29 is 14.3 Å². The quantitative estimate of drug-likeness (QED) is 0.487. The van der Waals surface area contributed by atoms with Crippen LogP contribution in [0.4, 0.5) is 5.82 Å². The van der Waals surface area contributed by atoms with Crippen LogP contribution in [0.2, 0.25) is 0 Å². The molecule has 3 aromatic heterocycles. The molecule has 10 nitrogen and oxygen atoms in total. The number of benzene rings is 1. The van der Waals surface area contributed by atoms with E-state index in [1.54, 1.807) is 16.3 Å². The molecule has 10 heteroatoms. The molecule has 0 radical (unpaired) electrons. The number of hydrogen-bond acceptors (Lipinski definition) is 7. The molecule has 1 saturated carbocycles. The van der Waals surface area contributed by atoms with E-state index >= 15 is 0 Å². The molecule has 1 aliphatic carbocycles. The van der Waals surface area contributed by atoms with E-state index in [-0.39, 0.29) is 17.9 Å². The zero-order valence-electron chi connectivity index (χ0n) is 19.1. The first-order valence-electron chi connectivity index (χ1n) is 11.5. The molecule has 1 aromatic carbocycles. The van der Waals surface area contributed by atoms with Crippen LogP contribution in [0.5, 0.6) is 11.5 Å². The highest BCUT2D eigenvalue weighted by Gasteiger charge is 2.33. The van der Waals surface area contributed by atoms with Crippen LogP contribution in [-0.4, -0.2) is 48.7 Å². The Morgan fingerprint density at radius 1 is 1.09 bits per heavy atom. The van der Waals surface area contributed by atoms with E-state index in [0.717, 1.165) is 35.4 Å². The molecule has 1 N–H and O–H groups in total. The Balaban J connectivity index is 1.42. The zero-order valence-corrected chi connectivity index (χ0v) is 19.1. The van der Waals surface area contributed by atoms with Gasteiger partial charge < -0.3 is 14.8 Å². The lowest BCUT2D eigenvalue weighted by molar-refractivity contribution is -0.116. The van der Waals surface area contributed by atoms with E-state index < -0.39 is 0 Å². The number of ether oxygens (including phenoxy) is 2. The second-order valence-electron chi connectivity index (χ2n) is 8.82. The lowest BCUT2D eigenvalue weighted by Crippen LogP contribution is -2.25. The molecule has 0 bridgehead atoms. The number of carbonyl (C=O) groups is 1. The maximum Gasteiger partial charge on any atom is 0.226 e. The summed E-state index contributed by atoms with van der Waals surface area (Å²) in [7, 11) is 1.65. The van der Waals surface area contributed by atoms with E-state index in [0.29, 0.717) is 29.5 Å². The number of nitrogens with zero attached hydrogens (tertiary/aromatic N) is 6. The number of aromatic nitrogens is 6. The summed E-state index contributed by atoms with van der Waals surface area (Å²) in [5.41, 5.74) is 3.44. The summed E-state index contributed by atoms with van der Waals surface area (Å²) in [4.78, 5) is 12.8. The lowest BCUT2D eigenvalue weighted by atomic mass is 9.85. The summed E-state index contributed by atoms with van der Waals surface area (Å²) in [6.07, 6.45) is 6.55. The summed E-state index contributed by atoms with van der Waals surface area (Å²) in [6.45, 7) is 1.95. The van der Waals surface area contributed by atoms with Gasteiger partial charge in [0.2, 0.25) is 5.91 Å². The van der Waals surface area contributed by atoms with E-state index in [4.69, 9.17) is 14.6 Å². The van der Waals surface area contributed by atoms with E-state index in [9.17, 15) is 4.79 Å². The highest BCUT2D eigenvalue weighted by molar-refractivity contribution is 5.95. The Labute approximate surface area is 195 Å². The van der Waals surface area contributed by atoms with Crippen molar-refractivity contribution in [2.45, 2.75) is 51.0 Å². The minimum absolute atomic E-state index is 0.0712. The van der Waals surface area contributed by atoms with Crippen molar-refractivity contribution in [1.29, 1.82) is 0 Å². The second kappa shape index (κ2) is 8.12. The number of carbonyl (C=O) groups excluding carboxylic acids is 1. The lowest BCUT2D eigenvalue weighted by Gasteiger charge is -2.25. The number of methoxy groups -OCH3 is 1. The van der Waals surface area contributed by atoms with Gasteiger partial charge in [-0.2, -0.15) is 14.3 Å². The molecule has 174 valence electrons. The van der Waals surface area contributed by atoms with Gasteiger partial charge in [-0.3, -0.25) is 4.79 Å². The molecule has 0 saturated heterocycles. The zero-order chi connectivity index (χ0) is 23.2. The number of amides is 1. The summed E-state index contributed by atoms with van der Waals surface area (Å²) < 4.78 is 15.1. The summed E-state index contributed by atoms with van der Waals surface area (Å²) in [5.74, 6) is 2.40. The Morgan fingerprint density at radius 3 is 2.76 bits per heavy atom. The van der Waals surface area contributed by atoms with Crippen LogP contribution >= 0.6 is 0 Å². The van der Waals surface area contributed by atoms with Crippen molar-refractivity contribution in [2.24, 2.45) is 0 Å². The molecule has 0 spiro atoms. The van der Waals surface area contributed by atoms with Gasteiger partial charge in [-0.1, -0.05) is 6.07 Å². The van der Waals surface area contributed by atoms with Crippen LogP contribution in [-0.2, 0) is 4.79 Å². The van der Waals surface area contributed by atoms with Gasteiger partial charge in [0.15, 0.2) is 23.0 Å². The first-order chi connectivity index (χ1) is 16.6. The monoisotopic (exact) mass is 459 g/mol. The molecule has 1 aliphatic heterocycles. The smallest absolute Gasteiger partial charge is 0.226 e. The Bertz CT molecular complexity index is 1390. The van der Waals surface area contributed by atoms with Gasteiger partial charge in [-0.15, -0.1) is 15.3 Å². The third kappa shape index (κ3) is 3.46. The summed E-state index contributed by atoms with van der Waals surface area (Å²) in [6, 6.07) is 9.57. The molecule has 0 unspecified atom stereocenters. The van der Waals surface area contributed by atoms with Crippen LogP contribution < -0.4 is 14.8 Å². The fraction of sp³-hybridized carbons (Fsp3) is 0.375. The minimum atomic E-state index is -0.159. The maximum absolute atomic E-state index is 12.8. The average molecular weight is 460 g/mol. The predicted octanol–water partition coefficient (Wildman–Crippen LogP) is 3.42. The number of aryl methyl sites for hydroxylation is 1. The third-order valence-corrected chi connectivity index (χ3v) is 6.65. The van der Waals surface area contributed by atoms with Crippen LogP contribution in [0.3, 0.4) is 0 Å². The molecular weight excluding hydrogens is 434 g/mol. The predicted molar refractivity (Wildman–Crippen MR) is 124 cm³/mol. The van der Waals surface area contributed by atoms with E-state index in [1.807, 2.05) is 37.3 Å². The van der Waals surface area contributed by atoms with E-state index in [2.05, 4.69) is 20.6 Å². The van der Waals surface area contributed by atoms with Gasteiger partial charge in [0.1, 0.15) is 12.1 Å². The standard InChI is InChI=1S/C24H25N7O3/c1-14-23-17(15-7-8-18(33-2)19(11-15)34-16-5-3-4-6-16)12-22(32)26-24(23)31(28-14)21-10-9-20-27-25-13-30(20)29-21/h7-11,13,16-17H,3-6,12H2,1-2H3,(H,26,32)/t17-/m1/s1. The molecule has 2 aliphatic rings. The van der Waals surface area contributed by atoms with Gasteiger partial charge in [-0.25, -0.2) is 0 Å². The number of nitrogens with one attached hydrogen (secondary N) is 1. The maximum atomic E-state index is 12.8. The molecule has 4 heterocycles. The minimum Gasteiger partial charge on any atom is -0.493 e. The largest absolute Gasteiger partial charge is 0.493 e. The second-order valence-corrected chi connectivity index (χ2v) is 8.82. The van der Waals surface area contributed by atoms with E-state index in [1.165, 1.54) is 19.2 Å². The van der Waals surface area contributed by atoms with Crippen molar-refractivity contribution in [3.8, 4) is 17.3 Å². The van der Waals surface area contributed by atoms with Crippen molar-refractivity contribution >= 4 is 17.4 Å². The van der Waals surface area contributed by atoms with Crippen molar-refractivity contribution in [3.05, 3.63) is 53.5 Å². The Kier molecular flexibility index (Phi) is 4.93. The highest BCUT2D eigenvalue weighted by atomic mass is 16.5. The number of hydrogen-bond donors (Lipinski definition) is 1. The van der Waals surface area contributed by atoms with Gasteiger partial charge in [0.25, 0.3) is 0 Å². The molecule has 4 aromatic rings. The molecule has 1 fully saturated rings. The number of rotatable bonds is 5. The van der Waals surface area contributed by atoms with Crippen molar-refractivity contribution in [3.63, 3.8) is 0 Å². The number of fused-ring (bicyclic) bond motifs is 2. The molecule has 1 amide bonds. The fourth-order valence-electron chi connectivity index (χ4n) is 5.02. The third-order valence-electron chi connectivity index (χ3n) is 6.65. The van der Waals surface area contributed by atoms with Crippen molar-refractivity contribution in [1.82, 2.24) is 29.6 Å². The molecule has 6 rings (SSSR count). The Morgan fingerprint density at radius 2 is 1.94 bits per heavy atom. The SMILES string of the molecule is COc1ccc([C@H]2CC(=O)Nc3c2c(C)nn3-c2ccc3nncn3n2)cc1OC1CCCC1. The molecular formula is C24H25N7O3. The molecule has 1 atom stereocenters. The fourth-order valence-corrected chi connectivity index (χ4v) is 5.02. The summed E-state index contributed by atoms with van der Waals surface area (Å²) >= 11 is 0. The van der Waals surface area contributed by atoms with Crippen LogP contribution in [0.25, 0.3) is 11.5 Å². The topological polar surface area (TPSA) is 108 Å². The summed E-state index contributed by atoms with van der Waals surface area (Å²) in [5, 5.41) is 20.2. The Hall–Kier alpha value is -3.95. The van der Waals surface area contributed by atoms with Crippen LogP contribution in [0.15, 0.2) is 36.7 Å². The normalized spacial score (nSPS) is 18.2. The van der Waals surface area contributed by atoms with Gasteiger partial charge in [-0.05, 0) is 62.4 Å². The van der Waals surface area contributed by atoms with Crippen LogP contribution in [0, 0.1) is 6.92 Å². The highest BCUT2D eigenvalue weighted by Crippen LogP contribution is 2.43. The van der Waals surface area contributed by atoms with Gasteiger partial charge in [0.05, 0.1) is 18.9 Å². The first-order valence-corrected chi connectivity index (χ1v) is 11.5. The first kappa shape index (κ1) is 20.6. The average Bonchev–Trinajstić information content (AvgIpc) is 3.59. The van der Waals surface area contributed by atoms with Crippen LogP contribution in [0.1, 0.15) is 54.8 Å². The van der Waals surface area contributed by atoms with Gasteiger partial charge >= 0.3 is 0 Å². The number of anilines is 1.